The van der Waals surface area contributed by atoms with Crippen LogP contribution in [0.4, 0.5) is 0 Å². The zero-order chi connectivity index (χ0) is 16.2. The van der Waals surface area contributed by atoms with Crippen LogP contribution in [0.3, 0.4) is 0 Å². The maximum absolute atomic E-state index is 12.8. The molecule has 0 spiro atoms. The van der Waals surface area contributed by atoms with Gasteiger partial charge in [-0.1, -0.05) is 0 Å². The summed E-state index contributed by atoms with van der Waals surface area (Å²) in [6.07, 6.45) is 2.49. The van der Waals surface area contributed by atoms with Crippen molar-refractivity contribution < 1.29 is 4.79 Å². The Hall–Kier alpha value is -0.610. The number of hydrogen-bond donors (Lipinski definition) is 0. The lowest BCUT2D eigenvalue weighted by molar-refractivity contribution is -0.140. The predicted octanol–water partition coefficient (Wildman–Crippen LogP) is 2.29. The summed E-state index contributed by atoms with van der Waals surface area (Å²) in [7, 11) is 4.26. The SMILES string of the molecule is CC(C)N(C(=O)[C@@H](C)N1CCC[C@@H](CN(C)C)C1)C(C)C. The maximum atomic E-state index is 12.8. The first-order valence-electron chi connectivity index (χ1n) is 8.45. The lowest BCUT2D eigenvalue weighted by Gasteiger charge is -2.40. The molecule has 1 saturated heterocycles. The molecule has 0 radical (unpaired) electrons. The van der Waals surface area contributed by atoms with Crippen molar-refractivity contribution in [3.05, 3.63) is 0 Å². The first-order chi connectivity index (χ1) is 9.73. The number of carbonyl (C=O) groups excluding carboxylic acids is 1. The number of rotatable bonds is 6. The first-order valence-corrected chi connectivity index (χ1v) is 8.45. The van der Waals surface area contributed by atoms with Crippen molar-refractivity contribution in [1.29, 1.82) is 0 Å². The molecule has 2 atom stereocenters. The van der Waals surface area contributed by atoms with Gasteiger partial charge < -0.3 is 9.80 Å². The molecule has 0 aliphatic carbocycles. The van der Waals surface area contributed by atoms with Gasteiger partial charge in [-0.2, -0.15) is 0 Å². The second-order valence-electron chi connectivity index (χ2n) is 7.37. The Balaban J connectivity index is 2.68. The summed E-state index contributed by atoms with van der Waals surface area (Å²) in [4.78, 5) is 19.5. The van der Waals surface area contributed by atoms with Crippen LogP contribution >= 0.6 is 0 Å². The second kappa shape index (κ2) is 8.14. The van der Waals surface area contributed by atoms with Crippen molar-refractivity contribution in [2.24, 2.45) is 5.92 Å². The van der Waals surface area contributed by atoms with Gasteiger partial charge >= 0.3 is 0 Å². The molecule has 0 aromatic rings. The molecule has 0 saturated carbocycles. The number of carbonyl (C=O) groups is 1. The average Bonchev–Trinajstić information content (AvgIpc) is 2.36. The number of piperidine rings is 1. The van der Waals surface area contributed by atoms with Crippen LogP contribution in [0.5, 0.6) is 0 Å². The van der Waals surface area contributed by atoms with E-state index in [0.29, 0.717) is 5.92 Å². The van der Waals surface area contributed by atoms with Gasteiger partial charge in [0.25, 0.3) is 0 Å². The largest absolute Gasteiger partial charge is 0.336 e. The smallest absolute Gasteiger partial charge is 0.240 e. The third-order valence-electron chi connectivity index (χ3n) is 4.45. The van der Waals surface area contributed by atoms with E-state index < -0.39 is 0 Å². The average molecular weight is 297 g/mol. The van der Waals surface area contributed by atoms with Gasteiger partial charge in [-0.15, -0.1) is 0 Å². The van der Waals surface area contributed by atoms with Crippen molar-refractivity contribution in [2.75, 3.05) is 33.7 Å². The number of likely N-dealkylation sites (tertiary alicyclic amines) is 1. The monoisotopic (exact) mass is 297 g/mol. The Bertz CT molecular complexity index is 320. The highest BCUT2D eigenvalue weighted by molar-refractivity contribution is 5.82. The number of hydrogen-bond acceptors (Lipinski definition) is 3. The minimum absolute atomic E-state index is 0.000220. The molecule has 1 aliphatic heterocycles. The Morgan fingerprint density at radius 3 is 2.19 bits per heavy atom. The molecule has 0 bridgehead atoms. The molecule has 124 valence electrons. The van der Waals surface area contributed by atoms with Crippen LogP contribution in [-0.4, -0.2) is 72.5 Å². The van der Waals surface area contributed by atoms with Crippen molar-refractivity contribution in [3.63, 3.8) is 0 Å². The van der Waals surface area contributed by atoms with Crippen LogP contribution in [0.25, 0.3) is 0 Å². The molecule has 0 N–H and O–H groups in total. The Kier molecular flexibility index (Phi) is 7.14. The van der Waals surface area contributed by atoms with Crippen LogP contribution in [0.2, 0.25) is 0 Å². The molecule has 0 unspecified atom stereocenters. The molecular formula is C17H35N3O. The van der Waals surface area contributed by atoms with E-state index in [2.05, 4.69) is 58.5 Å². The van der Waals surface area contributed by atoms with E-state index >= 15 is 0 Å². The van der Waals surface area contributed by atoms with Gasteiger partial charge in [-0.25, -0.2) is 0 Å². The second-order valence-corrected chi connectivity index (χ2v) is 7.37. The van der Waals surface area contributed by atoms with Gasteiger partial charge in [0.05, 0.1) is 6.04 Å². The fourth-order valence-corrected chi connectivity index (χ4v) is 3.59. The van der Waals surface area contributed by atoms with Crippen LogP contribution in [-0.2, 0) is 4.79 Å². The number of nitrogens with zero attached hydrogens (tertiary/aromatic N) is 3. The standard InChI is InChI=1S/C17H35N3O/c1-13(2)20(14(3)4)17(21)15(5)19-10-8-9-16(12-19)11-18(6)7/h13-16H,8-12H2,1-7H3/t15-,16+/m1/s1. The molecule has 0 aromatic carbocycles. The van der Waals surface area contributed by atoms with E-state index in [-0.39, 0.29) is 24.0 Å². The zero-order valence-electron chi connectivity index (χ0n) is 15.1. The fourth-order valence-electron chi connectivity index (χ4n) is 3.59. The number of amides is 1. The van der Waals surface area contributed by atoms with E-state index in [1.54, 1.807) is 0 Å². The highest BCUT2D eigenvalue weighted by atomic mass is 16.2. The molecule has 1 rings (SSSR count). The van der Waals surface area contributed by atoms with Crippen LogP contribution in [0.15, 0.2) is 0 Å². The third-order valence-corrected chi connectivity index (χ3v) is 4.45. The molecular weight excluding hydrogens is 262 g/mol. The van der Waals surface area contributed by atoms with Crippen LogP contribution in [0, 0.1) is 5.92 Å². The molecule has 0 aromatic heterocycles. The molecule has 1 aliphatic rings. The molecule has 1 fully saturated rings. The highest BCUT2D eigenvalue weighted by Gasteiger charge is 2.31. The van der Waals surface area contributed by atoms with Crippen LogP contribution in [0.1, 0.15) is 47.5 Å². The highest BCUT2D eigenvalue weighted by Crippen LogP contribution is 2.21. The lowest BCUT2D eigenvalue weighted by atomic mass is 9.96. The summed E-state index contributed by atoms with van der Waals surface area (Å²) >= 11 is 0. The van der Waals surface area contributed by atoms with E-state index in [1.807, 2.05) is 4.90 Å². The van der Waals surface area contributed by atoms with Gasteiger partial charge in [0.2, 0.25) is 5.91 Å². The molecule has 4 heteroatoms. The summed E-state index contributed by atoms with van der Waals surface area (Å²) in [5.41, 5.74) is 0. The fraction of sp³-hybridized carbons (Fsp3) is 0.941. The molecule has 21 heavy (non-hydrogen) atoms. The van der Waals surface area contributed by atoms with E-state index in [1.165, 1.54) is 12.8 Å². The molecule has 1 amide bonds. The summed E-state index contributed by atoms with van der Waals surface area (Å²) in [6, 6.07) is 0.532. The Morgan fingerprint density at radius 1 is 1.14 bits per heavy atom. The van der Waals surface area contributed by atoms with Gasteiger partial charge in [0.1, 0.15) is 0 Å². The third kappa shape index (κ3) is 5.26. The summed E-state index contributed by atoms with van der Waals surface area (Å²) in [6.45, 7) is 13.7. The van der Waals surface area contributed by atoms with Crippen molar-refractivity contribution in [1.82, 2.24) is 14.7 Å². The first kappa shape index (κ1) is 18.4. The van der Waals surface area contributed by atoms with Crippen molar-refractivity contribution in [3.8, 4) is 0 Å². The summed E-state index contributed by atoms with van der Waals surface area (Å²) in [5, 5.41) is 0. The Morgan fingerprint density at radius 2 is 1.71 bits per heavy atom. The van der Waals surface area contributed by atoms with Gasteiger partial charge in [-0.3, -0.25) is 9.69 Å². The zero-order valence-corrected chi connectivity index (χ0v) is 15.1. The van der Waals surface area contributed by atoms with Gasteiger partial charge in [0, 0.05) is 25.2 Å². The molecule has 1 heterocycles. The topological polar surface area (TPSA) is 26.8 Å². The Labute approximate surface area is 131 Å². The minimum Gasteiger partial charge on any atom is -0.336 e. The lowest BCUT2D eigenvalue weighted by Crippen LogP contribution is -2.54. The summed E-state index contributed by atoms with van der Waals surface area (Å²) in [5.74, 6) is 0.973. The molecule has 4 nitrogen and oxygen atoms in total. The predicted molar refractivity (Wildman–Crippen MR) is 89.4 cm³/mol. The maximum Gasteiger partial charge on any atom is 0.240 e. The van der Waals surface area contributed by atoms with Crippen molar-refractivity contribution >= 4 is 5.91 Å². The van der Waals surface area contributed by atoms with E-state index in [4.69, 9.17) is 0 Å². The van der Waals surface area contributed by atoms with Gasteiger partial charge in [-0.05, 0) is 74.0 Å². The summed E-state index contributed by atoms with van der Waals surface area (Å²) < 4.78 is 0. The normalized spacial score (nSPS) is 22.1. The van der Waals surface area contributed by atoms with Crippen molar-refractivity contribution in [2.45, 2.75) is 65.6 Å². The van der Waals surface area contributed by atoms with E-state index in [0.717, 1.165) is 19.6 Å². The van der Waals surface area contributed by atoms with Gasteiger partial charge in [0.15, 0.2) is 0 Å². The van der Waals surface area contributed by atoms with E-state index in [9.17, 15) is 4.79 Å². The minimum atomic E-state index is -0.000220. The quantitative estimate of drug-likeness (QED) is 0.752. The van der Waals surface area contributed by atoms with Crippen LogP contribution < -0.4 is 0 Å².